The summed E-state index contributed by atoms with van der Waals surface area (Å²) < 4.78 is 3.16. The van der Waals surface area contributed by atoms with Gasteiger partial charge < -0.3 is 4.90 Å². The summed E-state index contributed by atoms with van der Waals surface area (Å²) in [6.45, 7) is 6.15. The van der Waals surface area contributed by atoms with Gasteiger partial charge in [-0.3, -0.25) is 14.8 Å². The summed E-state index contributed by atoms with van der Waals surface area (Å²) in [5.74, 6) is 1.97. The van der Waals surface area contributed by atoms with Gasteiger partial charge in [0.25, 0.3) is 0 Å². The molecule has 150 valence electrons. The highest BCUT2D eigenvalue weighted by molar-refractivity contribution is 7.95. The van der Waals surface area contributed by atoms with Crippen LogP contribution in [-0.4, -0.2) is 41.0 Å². The molecule has 1 fully saturated rings. The summed E-state index contributed by atoms with van der Waals surface area (Å²) in [4.78, 5) is 14.3. The van der Waals surface area contributed by atoms with Crippen LogP contribution in [0.25, 0.3) is 0 Å². The van der Waals surface area contributed by atoms with Crippen molar-refractivity contribution in [3.63, 3.8) is 0 Å². The zero-order valence-corrected chi connectivity index (χ0v) is 17.2. The number of piperidine rings is 1. The topological polar surface area (TPSA) is 70.3 Å². The third-order valence-corrected chi connectivity index (χ3v) is 6.34. The predicted molar refractivity (Wildman–Crippen MR) is 116 cm³/mol. The van der Waals surface area contributed by atoms with E-state index in [-0.39, 0.29) is 0 Å². The fraction of sp³-hybridized carbons (Fsp3) is 0.524. The lowest BCUT2D eigenvalue weighted by molar-refractivity contribution is 0.241. The van der Waals surface area contributed by atoms with Gasteiger partial charge in [-0.1, -0.05) is 30.3 Å². The first-order valence-corrected chi connectivity index (χ1v) is 11.1. The number of benzene rings is 1. The largest absolute Gasteiger partial charge is 0.356 e. The quantitative estimate of drug-likeness (QED) is 0.549. The van der Waals surface area contributed by atoms with Crippen molar-refractivity contribution in [1.82, 2.24) is 19.6 Å². The molecule has 0 radical (unpaired) electrons. The summed E-state index contributed by atoms with van der Waals surface area (Å²) in [7, 11) is 0. The normalized spacial score (nSPS) is 18.2. The highest BCUT2D eigenvalue weighted by Crippen LogP contribution is 2.30. The maximum atomic E-state index is 5.44. The van der Waals surface area contributed by atoms with Crippen molar-refractivity contribution in [2.75, 3.05) is 31.1 Å². The van der Waals surface area contributed by atoms with Gasteiger partial charge in [-0.25, -0.2) is 9.97 Å². The third-order valence-electron chi connectivity index (χ3n) is 5.96. The van der Waals surface area contributed by atoms with Crippen LogP contribution in [0.5, 0.6) is 0 Å². The number of hydrogen-bond donors (Lipinski definition) is 2. The molecular formula is C21H30N6S. The Bertz CT molecular complexity index is 748. The standard InChI is InChI=1S/C21H30N6S/c22-28-25-10-6-17-7-12-27(13-8-17)21-19-9-11-26(15-20(19)23-16-24-21)14-18-4-2-1-3-5-18/h1-5,16-17,25H,6-15,22H2. The summed E-state index contributed by atoms with van der Waals surface area (Å²) in [5, 5.41) is 5.44. The molecule has 6 nitrogen and oxygen atoms in total. The maximum Gasteiger partial charge on any atom is 0.135 e. The number of nitrogens with one attached hydrogen (secondary N) is 1. The molecule has 0 atom stereocenters. The molecule has 0 bridgehead atoms. The van der Waals surface area contributed by atoms with Crippen LogP contribution < -0.4 is 14.8 Å². The van der Waals surface area contributed by atoms with Crippen molar-refractivity contribution in [2.24, 2.45) is 11.1 Å². The number of fused-ring (bicyclic) bond motifs is 1. The number of nitrogens with zero attached hydrogens (tertiary/aromatic N) is 4. The van der Waals surface area contributed by atoms with E-state index in [2.05, 4.69) is 54.8 Å². The number of aromatic nitrogens is 2. The van der Waals surface area contributed by atoms with Gasteiger partial charge in [-0.2, -0.15) is 0 Å². The lowest BCUT2D eigenvalue weighted by atomic mass is 9.93. The second kappa shape index (κ2) is 9.69. The van der Waals surface area contributed by atoms with Crippen molar-refractivity contribution < 1.29 is 0 Å². The summed E-state index contributed by atoms with van der Waals surface area (Å²) in [6.07, 6.45) is 6.46. The first-order chi connectivity index (χ1) is 13.8. The monoisotopic (exact) mass is 398 g/mol. The average molecular weight is 399 g/mol. The first-order valence-electron chi connectivity index (χ1n) is 10.3. The maximum absolute atomic E-state index is 5.44. The average Bonchev–Trinajstić information content (AvgIpc) is 2.75. The van der Waals surface area contributed by atoms with E-state index >= 15 is 0 Å². The molecule has 28 heavy (non-hydrogen) atoms. The number of nitrogens with two attached hydrogens (primary N) is 1. The van der Waals surface area contributed by atoms with E-state index in [1.807, 2.05) is 0 Å². The molecule has 1 aromatic heterocycles. The Hall–Kier alpha value is -1.67. The SMILES string of the molecule is NSNCCC1CCN(c2ncnc3c2CCN(Cc2ccccc2)C3)CC1. The van der Waals surface area contributed by atoms with Crippen LogP contribution >= 0.6 is 12.1 Å². The molecule has 7 heteroatoms. The van der Waals surface area contributed by atoms with Crippen molar-refractivity contribution in [1.29, 1.82) is 0 Å². The highest BCUT2D eigenvalue weighted by Gasteiger charge is 2.26. The lowest BCUT2D eigenvalue weighted by Crippen LogP contribution is -2.38. The third kappa shape index (κ3) is 4.84. The zero-order chi connectivity index (χ0) is 19.2. The summed E-state index contributed by atoms with van der Waals surface area (Å²) in [5.41, 5.74) is 3.94. The molecule has 2 aliphatic heterocycles. The van der Waals surface area contributed by atoms with Gasteiger partial charge in [0, 0.05) is 57.0 Å². The van der Waals surface area contributed by atoms with E-state index in [1.54, 1.807) is 6.33 Å². The van der Waals surface area contributed by atoms with Crippen LogP contribution in [-0.2, 0) is 19.5 Å². The molecule has 0 amide bonds. The number of anilines is 1. The Morgan fingerprint density at radius 2 is 1.93 bits per heavy atom. The van der Waals surface area contributed by atoms with Crippen LogP contribution in [0.15, 0.2) is 36.7 Å². The van der Waals surface area contributed by atoms with E-state index in [4.69, 9.17) is 5.14 Å². The van der Waals surface area contributed by atoms with E-state index in [0.717, 1.165) is 51.6 Å². The van der Waals surface area contributed by atoms with Crippen LogP contribution in [0.1, 0.15) is 36.1 Å². The Labute approximate surface area is 172 Å². The minimum absolute atomic E-state index is 0.787. The van der Waals surface area contributed by atoms with Gasteiger partial charge in [-0.05, 0) is 37.2 Å². The van der Waals surface area contributed by atoms with E-state index in [0.29, 0.717) is 0 Å². The minimum Gasteiger partial charge on any atom is -0.356 e. The van der Waals surface area contributed by atoms with Crippen molar-refractivity contribution in [2.45, 2.75) is 38.8 Å². The second-order valence-electron chi connectivity index (χ2n) is 7.80. The van der Waals surface area contributed by atoms with Crippen molar-refractivity contribution in [3.05, 3.63) is 53.5 Å². The van der Waals surface area contributed by atoms with Crippen molar-refractivity contribution in [3.8, 4) is 0 Å². The first kappa shape index (κ1) is 19.6. The fourth-order valence-corrected chi connectivity index (χ4v) is 4.63. The molecule has 0 aliphatic carbocycles. The fourth-order valence-electron chi connectivity index (χ4n) is 4.40. The van der Waals surface area contributed by atoms with Gasteiger partial charge in [0.15, 0.2) is 0 Å². The molecule has 3 heterocycles. The van der Waals surface area contributed by atoms with Crippen molar-refractivity contribution >= 4 is 18.0 Å². The Balaban J connectivity index is 1.37. The molecular weight excluding hydrogens is 368 g/mol. The van der Waals surface area contributed by atoms with Gasteiger partial charge in [0.05, 0.1) is 5.69 Å². The lowest BCUT2D eigenvalue weighted by Gasteiger charge is -2.36. The van der Waals surface area contributed by atoms with Gasteiger partial charge in [0.1, 0.15) is 12.1 Å². The van der Waals surface area contributed by atoms with E-state index in [1.165, 1.54) is 54.0 Å². The Morgan fingerprint density at radius 3 is 2.71 bits per heavy atom. The zero-order valence-electron chi connectivity index (χ0n) is 16.4. The predicted octanol–water partition coefficient (Wildman–Crippen LogP) is 2.75. The molecule has 3 N–H and O–H groups in total. The van der Waals surface area contributed by atoms with E-state index < -0.39 is 0 Å². The molecule has 2 aromatic rings. The van der Waals surface area contributed by atoms with Crippen LogP contribution in [0.4, 0.5) is 5.82 Å². The number of hydrogen-bond acceptors (Lipinski definition) is 7. The molecule has 0 unspecified atom stereocenters. The highest BCUT2D eigenvalue weighted by atomic mass is 32.2. The molecule has 1 aromatic carbocycles. The summed E-state index contributed by atoms with van der Waals surface area (Å²) in [6, 6.07) is 10.7. The minimum atomic E-state index is 0.787. The Kier molecular flexibility index (Phi) is 6.80. The molecule has 1 saturated heterocycles. The van der Waals surface area contributed by atoms with Gasteiger partial charge in [-0.15, -0.1) is 0 Å². The molecule has 2 aliphatic rings. The second-order valence-corrected chi connectivity index (χ2v) is 8.32. The summed E-state index contributed by atoms with van der Waals surface area (Å²) >= 11 is 1.22. The molecule has 0 spiro atoms. The molecule has 4 rings (SSSR count). The van der Waals surface area contributed by atoms with Crippen LogP contribution in [0, 0.1) is 5.92 Å². The smallest absolute Gasteiger partial charge is 0.135 e. The van der Waals surface area contributed by atoms with E-state index in [9.17, 15) is 0 Å². The van der Waals surface area contributed by atoms with Crippen LogP contribution in [0.3, 0.4) is 0 Å². The Morgan fingerprint density at radius 1 is 1.11 bits per heavy atom. The van der Waals surface area contributed by atoms with Gasteiger partial charge in [0.2, 0.25) is 0 Å². The number of rotatable bonds is 7. The van der Waals surface area contributed by atoms with Gasteiger partial charge >= 0.3 is 0 Å². The molecule has 0 saturated carbocycles. The van der Waals surface area contributed by atoms with Crippen LogP contribution in [0.2, 0.25) is 0 Å².